The van der Waals surface area contributed by atoms with E-state index in [0.717, 1.165) is 47.7 Å². The van der Waals surface area contributed by atoms with Gasteiger partial charge >= 0.3 is 0 Å². The zero-order chi connectivity index (χ0) is 24.2. The molecule has 8 nitrogen and oxygen atoms in total. The molecule has 0 saturated heterocycles. The number of primary amides is 1. The van der Waals surface area contributed by atoms with Crippen LogP contribution in [0.25, 0.3) is 0 Å². The van der Waals surface area contributed by atoms with Crippen molar-refractivity contribution in [3.8, 4) is 0 Å². The lowest BCUT2D eigenvalue weighted by Crippen LogP contribution is -2.47. The van der Waals surface area contributed by atoms with E-state index in [2.05, 4.69) is 9.69 Å². The van der Waals surface area contributed by atoms with Crippen molar-refractivity contribution in [2.24, 2.45) is 5.73 Å². The highest BCUT2D eigenvalue weighted by atomic mass is 32.1. The molecule has 34 heavy (non-hydrogen) atoms. The largest absolute Gasteiger partial charge is 0.395 e. The standard InChI is InChI=1S/C24H27N5O3S2/c1-14-8-5-6-11-16(14)29(24(32)21-18(25)19(22(26)30)28-34-21)20(17-12-7-13-33-17)23(31)27-15-9-3-2-4-10-15/h5-8,11-13,15,20H,2-4,9-10,25H2,1H3,(H2,26,30)(H,27,31)/t20-/m0/s1. The zero-order valence-electron chi connectivity index (χ0n) is 18.8. The summed E-state index contributed by atoms with van der Waals surface area (Å²) in [6.45, 7) is 1.88. The Kier molecular flexibility index (Phi) is 7.28. The van der Waals surface area contributed by atoms with Crippen LogP contribution in [0.2, 0.25) is 0 Å². The maximum Gasteiger partial charge on any atom is 0.273 e. The number of amides is 3. The van der Waals surface area contributed by atoms with Gasteiger partial charge in [-0.05, 0) is 54.4 Å². The van der Waals surface area contributed by atoms with E-state index in [9.17, 15) is 14.4 Å². The Morgan fingerprint density at radius 1 is 1.12 bits per heavy atom. The van der Waals surface area contributed by atoms with E-state index in [1.165, 1.54) is 22.7 Å². The van der Waals surface area contributed by atoms with E-state index in [1.54, 1.807) is 6.07 Å². The average Bonchev–Trinajstić information content (AvgIpc) is 3.48. The van der Waals surface area contributed by atoms with Crippen LogP contribution in [0.3, 0.4) is 0 Å². The van der Waals surface area contributed by atoms with Gasteiger partial charge in [0.1, 0.15) is 4.88 Å². The molecule has 1 aliphatic carbocycles. The van der Waals surface area contributed by atoms with E-state index in [1.807, 2.05) is 42.6 Å². The monoisotopic (exact) mass is 497 g/mol. The Labute approximate surface area is 206 Å². The predicted molar refractivity (Wildman–Crippen MR) is 135 cm³/mol. The highest BCUT2D eigenvalue weighted by Gasteiger charge is 2.37. The molecule has 5 N–H and O–H groups in total. The molecule has 4 rings (SSSR count). The molecule has 1 saturated carbocycles. The van der Waals surface area contributed by atoms with Crippen molar-refractivity contribution in [2.45, 2.75) is 51.1 Å². The fourth-order valence-electron chi connectivity index (χ4n) is 4.29. The van der Waals surface area contributed by atoms with Crippen LogP contribution in [-0.4, -0.2) is 28.1 Å². The van der Waals surface area contributed by atoms with Crippen LogP contribution in [0.1, 0.15) is 68.7 Å². The van der Waals surface area contributed by atoms with E-state index in [-0.39, 0.29) is 28.2 Å². The molecule has 0 aliphatic heterocycles. The van der Waals surface area contributed by atoms with E-state index in [0.29, 0.717) is 5.69 Å². The number of carbonyl (C=O) groups excluding carboxylic acids is 3. The lowest BCUT2D eigenvalue weighted by molar-refractivity contribution is -0.123. The van der Waals surface area contributed by atoms with Gasteiger partial charge in [-0.1, -0.05) is 43.5 Å². The lowest BCUT2D eigenvalue weighted by atomic mass is 9.95. The Bertz CT molecular complexity index is 1190. The number of carbonyl (C=O) groups is 3. The summed E-state index contributed by atoms with van der Waals surface area (Å²) >= 11 is 2.21. The minimum atomic E-state index is -0.908. The fourth-order valence-corrected chi connectivity index (χ4v) is 5.84. The number of nitrogen functional groups attached to an aromatic ring is 1. The fraction of sp³-hybridized carbons (Fsp3) is 0.333. The second kappa shape index (κ2) is 10.4. The number of anilines is 2. The zero-order valence-corrected chi connectivity index (χ0v) is 20.5. The Hall–Kier alpha value is -3.24. The molecular weight excluding hydrogens is 470 g/mol. The summed E-state index contributed by atoms with van der Waals surface area (Å²) in [5, 5.41) is 5.06. The number of para-hydroxylation sites is 1. The Morgan fingerprint density at radius 3 is 2.47 bits per heavy atom. The molecule has 3 amide bonds. The molecule has 0 bridgehead atoms. The molecule has 0 unspecified atom stereocenters. The third kappa shape index (κ3) is 4.83. The Morgan fingerprint density at radius 2 is 1.85 bits per heavy atom. The summed E-state index contributed by atoms with van der Waals surface area (Å²) in [4.78, 5) is 41.7. The molecule has 0 spiro atoms. The smallest absolute Gasteiger partial charge is 0.273 e. The van der Waals surface area contributed by atoms with Gasteiger partial charge < -0.3 is 16.8 Å². The Balaban J connectivity index is 1.81. The normalized spacial score (nSPS) is 15.0. The van der Waals surface area contributed by atoms with E-state index in [4.69, 9.17) is 11.5 Å². The third-order valence-electron chi connectivity index (χ3n) is 6.02. The first-order chi connectivity index (χ1) is 16.4. The summed E-state index contributed by atoms with van der Waals surface area (Å²) < 4.78 is 3.99. The molecule has 1 atom stereocenters. The van der Waals surface area contributed by atoms with Crippen molar-refractivity contribution in [2.75, 3.05) is 10.6 Å². The van der Waals surface area contributed by atoms with Gasteiger partial charge in [-0.3, -0.25) is 19.3 Å². The van der Waals surface area contributed by atoms with Crippen molar-refractivity contribution in [1.29, 1.82) is 0 Å². The van der Waals surface area contributed by atoms with Crippen molar-refractivity contribution in [3.63, 3.8) is 0 Å². The summed E-state index contributed by atoms with van der Waals surface area (Å²) in [7, 11) is 0. The highest BCUT2D eigenvalue weighted by Crippen LogP contribution is 2.36. The molecule has 1 aromatic carbocycles. The van der Waals surface area contributed by atoms with Gasteiger partial charge in [0.2, 0.25) is 5.91 Å². The molecule has 1 fully saturated rings. The van der Waals surface area contributed by atoms with E-state index >= 15 is 0 Å². The molecule has 0 radical (unpaired) electrons. The highest BCUT2D eigenvalue weighted by molar-refractivity contribution is 7.10. The quantitative estimate of drug-likeness (QED) is 0.453. The molecule has 2 aromatic heterocycles. The maximum atomic E-state index is 14.0. The molecule has 178 valence electrons. The van der Waals surface area contributed by atoms with Crippen LogP contribution < -0.4 is 21.7 Å². The van der Waals surface area contributed by atoms with Crippen LogP contribution >= 0.6 is 22.9 Å². The first-order valence-corrected chi connectivity index (χ1v) is 12.8. The average molecular weight is 498 g/mol. The maximum absolute atomic E-state index is 14.0. The third-order valence-corrected chi connectivity index (χ3v) is 7.80. The number of hydrogen-bond donors (Lipinski definition) is 3. The minimum Gasteiger partial charge on any atom is -0.395 e. The predicted octanol–water partition coefficient (Wildman–Crippen LogP) is 4.03. The van der Waals surface area contributed by atoms with Gasteiger partial charge in [0.15, 0.2) is 11.7 Å². The van der Waals surface area contributed by atoms with Crippen molar-refractivity contribution >= 4 is 52.0 Å². The summed E-state index contributed by atoms with van der Waals surface area (Å²) in [6.07, 6.45) is 5.15. The minimum absolute atomic E-state index is 0.0706. The van der Waals surface area contributed by atoms with Crippen LogP contribution in [0.5, 0.6) is 0 Å². The van der Waals surface area contributed by atoms with Crippen LogP contribution in [0, 0.1) is 6.92 Å². The molecule has 2 heterocycles. The van der Waals surface area contributed by atoms with Gasteiger partial charge in [-0.2, -0.15) is 4.37 Å². The number of thiophene rings is 1. The summed E-state index contributed by atoms with van der Waals surface area (Å²) in [6, 6.07) is 10.2. The van der Waals surface area contributed by atoms with Crippen molar-refractivity contribution in [1.82, 2.24) is 9.69 Å². The topological polar surface area (TPSA) is 131 Å². The molecule has 3 aromatic rings. The summed E-state index contributed by atoms with van der Waals surface area (Å²) in [5.74, 6) is -1.56. The summed E-state index contributed by atoms with van der Waals surface area (Å²) in [5.41, 5.74) is 12.7. The van der Waals surface area contributed by atoms with Crippen LogP contribution in [-0.2, 0) is 4.79 Å². The number of aromatic nitrogens is 1. The first-order valence-electron chi connectivity index (χ1n) is 11.2. The first kappa shape index (κ1) is 23.9. The molecule has 1 aliphatic rings. The van der Waals surface area contributed by atoms with Gasteiger partial charge in [0.25, 0.3) is 11.8 Å². The number of benzene rings is 1. The van der Waals surface area contributed by atoms with Gasteiger partial charge in [-0.15, -0.1) is 11.3 Å². The number of hydrogen-bond acceptors (Lipinski definition) is 7. The second-order valence-electron chi connectivity index (χ2n) is 8.36. The van der Waals surface area contributed by atoms with Crippen molar-refractivity contribution < 1.29 is 14.4 Å². The molecular formula is C24H27N5O3S2. The second-order valence-corrected chi connectivity index (χ2v) is 10.1. The number of nitrogens with two attached hydrogens (primary N) is 2. The van der Waals surface area contributed by atoms with Crippen molar-refractivity contribution in [3.05, 3.63) is 62.8 Å². The van der Waals surface area contributed by atoms with E-state index < -0.39 is 17.9 Å². The number of nitrogens with zero attached hydrogens (tertiary/aromatic N) is 2. The van der Waals surface area contributed by atoms with Gasteiger partial charge in [0, 0.05) is 16.6 Å². The number of rotatable bonds is 7. The number of aryl methyl sites for hydroxylation is 1. The lowest BCUT2D eigenvalue weighted by Gasteiger charge is -2.33. The van der Waals surface area contributed by atoms with Crippen LogP contribution in [0.4, 0.5) is 11.4 Å². The van der Waals surface area contributed by atoms with Gasteiger partial charge in [0.05, 0.1) is 5.69 Å². The number of nitrogens with one attached hydrogen (secondary N) is 1. The molecule has 10 heteroatoms. The SMILES string of the molecule is Cc1ccccc1N(C(=O)c1snc(C(N)=O)c1N)[C@H](C(=O)NC1CCCCC1)c1cccs1. The van der Waals surface area contributed by atoms with Crippen LogP contribution in [0.15, 0.2) is 41.8 Å². The van der Waals surface area contributed by atoms with Gasteiger partial charge in [-0.25, -0.2) is 0 Å².